The number of aromatic nitrogens is 2. The second-order valence-corrected chi connectivity index (χ2v) is 3.83. The standard InChI is InChI=1S/C8H8N2O2S/c1-4-5(2)13-3-6(4)7-9-10-8(11)12-7/h3H,1-2H3,(H,10,11). The van der Waals surface area contributed by atoms with E-state index in [4.69, 9.17) is 4.42 Å². The molecule has 0 fully saturated rings. The van der Waals surface area contributed by atoms with E-state index in [1.54, 1.807) is 11.3 Å². The minimum atomic E-state index is -0.516. The average molecular weight is 196 g/mol. The monoisotopic (exact) mass is 196 g/mol. The van der Waals surface area contributed by atoms with Crippen molar-refractivity contribution in [1.29, 1.82) is 0 Å². The zero-order valence-corrected chi connectivity index (χ0v) is 8.07. The van der Waals surface area contributed by atoms with Gasteiger partial charge in [0.15, 0.2) is 0 Å². The third kappa shape index (κ3) is 1.31. The first-order chi connectivity index (χ1) is 6.18. The van der Waals surface area contributed by atoms with Crippen LogP contribution in [-0.4, -0.2) is 10.2 Å². The van der Waals surface area contributed by atoms with Crippen LogP contribution in [0.1, 0.15) is 10.4 Å². The highest BCUT2D eigenvalue weighted by atomic mass is 32.1. The normalized spacial score (nSPS) is 10.6. The average Bonchev–Trinajstić information content (AvgIpc) is 2.62. The van der Waals surface area contributed by atoms with Crippen LogP contribution in [0.2, 0.25) is 0 Å². The molecule has 1 N–H and O–H groups in total. The molecular weight excluding hydrogens is 188 g/mol. The molecule has 2 heterocycles. The van der Waals surface area contributed by atoms with Gasteiger partial charge in [0.1, 0.15) is 0 Å². The molecule has 0 unspecified atom stereocenters. The molecule has 4 nitrogen and oxygen atoms in total. The molecule has 0 atom stereocenters. The fraction of sp³-hybridized carbons (Fsp3) is 0.250. The van der Waals surface area contributed by atoms with Gasteiger partial charge in [-0.1, -0.05) is 0 Å². The third-order valence-corrected chi connectivity index (χ3v) is 2.97. The van der Waals surface area contributed by atoms with E-state index in [0.29, 0.717) is 5.89 Å². The van der Waals surface area contributed by atoms with Gasteiger partial charge in [-0.2, -0.15) is 0 Å². The summed E-state index contributed by atoms with van der Waals surface area (Å²) in [4.78, 5) is 11.9. The topological polar surface area (TPSA) is 58.9 Å². The highest BCUT2D eigenvalue weighted by molar-refractivity contribution is 7.10. The number of H-pyrrole nitrogens is 1. The van der Waals surface area contributed by atoms with Gasteiger partial charge in [-0.05, 0) is 19.4 Å². The van der Waals surface area contributed by atoms with Crippen molar-refractivity contribution in [2.24, 2.45) is 0 Å². The first kappa shape index (κ1) is 8.25. The summed E-state index contributed by atoms with van der Waals surface area (Å²) in [6.07, 6.45) is 0. The molecule has 13 heavy (non-hydrogen) atoms. The molecule has 0 aromatic carbocycles. The number of rotatable bonds is 1. The molecule has 0 radical (unpaired) electrons. The molecule has 0 saturated heterocycles. The van der Waals surface area contributed by atoms with E-state index in [0.717, 1.165) is 11.1 Å². The van der Waals surface area contributed by atoms with E-state index in [9.17, 15) is 4.79 Å². The van der Waals surface area contributed by atoms with Crippen molar-refractivity contribution in [1.82, 2.24) is 10.2 Å². The summed E-state index contributed by atoms with van der Waals surface area (Å²) in [7, 11) is 0. The van der Waals surface area contributed by atoms with Gasteiger partial charge in [0.05, 0.1) is 5.56 Å². The van der Waals surface area contributed by atoms with Crippen LogP contribution in [0, 0.1) is 13.8 Å². The number of aryl methyl sites for hydroxylation is 1. The second-order valence-electron chi connectivity index (χ2n) is 2.75. The maximum absolute atomic E-state index is 10.7. The quantitative estimate of drug-likeness (QED) is 0.755. The summed E-state index contributed by atoms with van der Waals surface area (Å²) in [5, 5.41) is 7.93. The predicted molar refractivity (Wildman–Crippen MR) is 49.9 cm³/mol. The molecule has 0 aliphatic rings. The fourth-order valence-corrected chi connectivity index (χ4v) is 1.93. The molecule has 2 aromatic heterocycles. The number of aromatic amines is 1. The highest BCUT2D eigenvalue weighted by Crippen LogP contribution is 2.27. The molecule has 2 rings (SSSR count). The van der Waals surface area contributed by atoms with Crippen molar-refractivity contribution in [3.05, 3.63) is 26.4 Å². The Morgan fingerprint density at radius 3 is 2.77 bits per heavy atom. The van der Waals surface area contributed by atoms with Crippen LogP contribution >= 0.6 is 11.3 Å². The van der Waals surface area contributed by atoms with Gasteiger partial charge in [0.2, 0.25) is 5.89 Å². The molecule has 2 aromatic rings. The number of hydrogen-bond donors (Lipinski definition) is 1. The van der Waals surface area contributed by atoms with Crippen molar-refractivity contribution >= 4 is 11.3 Å². The lowest BCUT2D eigenvalue weighted by Crippen LogP contribution is -1.93. The van der Waals surface area contributed by atoms with Gasteiger partial charge in [0.25, 0.3) is 0 Å². The van der Waals surface area contributed by atoms with E-state index in [2.05, 4.69) is 10.2 Å². The Bertz CT molecular complexity index is 480. The number of nitrogens with one attached hydrogen (secondary N) is 1. The lowest BCUT2D eigenvalue weighted by Gasteiger charge is -1.91. The maximum Gasteiger partial charge on any atom is 0.434 e. The zero-order valence-electron chi connectivity index (χ0n) is 7.25. The van der Waals surface area contributed by atoms with Crippen molar-refractivity contribution in [2.75, 3.05) is 0 Å². The van der Waals surface area contributed by atoms with Crippen LogP contribution in [0.3, 0.4) is 0 Å². The molecule has 0 saturated carbocycles. The Kier molecular flexibility index (Phi) is 1.81. The van der Waals surface area contributed by atoms with Gasteiger partial charge < -0.3 is 4.42 Å². The SMILES string of the molecule is Cc1scc(-c2n[nH]c(=O)o2)c1C. The molecule has 0 amide bonds. The van der Waals surface area contributed by atoms with Crippen molar-refractivity contribution in [2.45, 2.75) is 13.8 Å². The van der Waals surface area contributed by atoms with E-state index in [1.807, 2.05) is 19.2 Å². The van der Waals surface area contributed by atoms with Crippen molar-refractivity contribution in [3.63, 3.8) is 0 Å². The lowest BCUT2D eigenvalue weighted by atomic mass is 10.2. The third-order valence-electron chi connectivity index (χ3n) is 1.95. The lowest BCUT2D eigenvalue weighted by molar-refractivity contribution is 0.527. The summed E-state index contributed by atoms with van der Waals surface area (Å²) in [5.41, 5.74) is 2.00. The molecule has 0 aliphatic heterocycles. The first-order valence-electron chi connectivity index (χ1n) is 3.79. The summed E-state index contributed by atoms with van der Waals surface area (Å²) in [6, 6.07) is 0. The van der Waals surface area contributed by atoms with Crippen molar-refractivity contribution in [3.8, 4) is 11.5 Å². The van der Waals surface area contributed by atoms with Gasteiger partial charge in [-0.25, -0.2) is 9.89 Å². The Morgan fingerprint density at radius 1 is 1.54 bits per heavy atom. The van der Waals surface area contributed by atoms with Gasteiger partial charge in [-0.15, -0.1) is 16.4 Å². The number of nitrogens with zero attached hydrogens (tertiary/aromatic N) is 1. The van der Waals surface area contributed by atoms with Gasteiger partial charge in [-0.3, -0.25) is 0 Å². The smallest absolute Gasteiger partial charge is 0.388 e. The number of thiophene rings is 1. The van der Waals surface area contributed by atoms with E-state index >= 15 is 0 Å². The number of hydrogen-bond acceptors (Lipinski definition) is 4. The van der Waals surface area contributed by atoms with Crippen molar-refractivity contribution < 1.29 is 4.42 Å². The van der Waals surface area contributed by atoms with Crippen LogP contribution in [0.15, 0.2) is 14.6 Å². The molecule has 0 bridgehead atoms. The molecule has 5 heteroatoms. The Hall–Kier alpha value is -1.36. The van der Waals surface area contributed by atoms with E-state index < -0.39 is 5.76 Å². The minimum absolute atomic E-state index is 0.367. The Balaban J connectivity index is 2.58. The van der Waals surface area contributed by atoms with Crippen LogP contribution in [-0.2, 0) is 0 Å². The fourth-order valence-electron chi connectivity index (χ4n) is 1.07. The molecular formula is C8H8N2O2S. The van der Waals surface area contributed by atoms with Gasteiger partial charge >= 0.3 is 5.76 Å². The van der Waals surface area contributed by atoms with Crippen LogP contribution in [0.5, 0.6) is 0 Å². The molecule has 0 aliphatic carbocycles. The summed E-state index contributed by atoms with van der Waals surface area (Å²) in [6.45, 7) is 4.00. The Morgan fingerprint density at radius 2 is 2.31 bits per heavy atom. The van der Waals surface area contributed by atoms with Crippen LogP contribution < -0.4 is 5.76 Å². The summed E-state index contributed by atoms with van der Waals surface area (Å²) >= 11 is 1.62. The van der Waals surface area contributed by atoms with Crippen LogP contribution in [0.4, 0.5) is 0 Å². The van der Waals surface area contributed by atoms with E-state index in [-0.39, 0.29) is 0 Å². The molecule has 0 spiro atoms. The van der Waals surface area contributed by atoms with Crippen LogP contribution in [0.25, 0.3) is 11.5 Å². The maximum atomic E-state index is 10.7. The largest absolute Gasteiger partial charge is 0.434 e. The zero-order chi connectivity index (χ0) is 9.42. The summed E-state index contributed by atoms with van der Waals surface area (Å²) in [5.74, 6) is -0.148. The second kappa shape index (κ2) is 2.85. The Labute approximate surface area is 78.2 Å². The summed E-state index contributed by atoms with van der Waals surface area (Å²) < 4.78 is 4.85. The highest BCUT2D eigenvalue weighted by Gasteiger charge is 2.11. The van der Waals surface area contributed by atoms with Gasteiger partial charge in [0, 0.05) is 10.3 Å². The first-order valence-corrected chi connectivity index (χ1v) is 4.67. The predicted octanol–water partition coefficient (Wildman–Crippen LogP) is 1.71. The van der Waals surface area contributed by atoms with E-state index in [1.165, 1.54) is 4.88 Å². The molecule has 68 valence electrons. The minimum Gasteiger partial charge on any atom is -0.388 e.